The summed E-state index contributed by atoms with van der Waals surface area (Å²) in [5, 5.41) is 3.92. The van der Waals surface area contributed by atoms with Crippen LogP contribution in [-0.4, -0.2) is 27.5 Å². The molecule has 3 heterocycles. The number of thiazole rings is 1. The summed E-state index contributed by atoms with van der Waals surface area (Å²) in [4.78, 5) is 37.3. The number of nitrogens with zero attached hydrogens (tertiary/aromatic N) is 2. The Morgan fingerprint density at radius 2 is 2.00 bits per heavy atom. The number of aryl methyl sites for hydroxylation is 1. The molecule has 0 fully saturated rings. The summed E-state index contributed by atoms with van der Waals surface area (Å²) in [5.74, 6) is -0.264. The van der Waals surface area contributed by atoms with E-state index in [0.717, 1.165) is 21.9 Å². The molecule has 1 N–H and O–H groups in total. The zero-order valence-corrected chi connectivity index (χ0v) is 19.5. The maximum Gasteiger partial charge on any atom is 0.348 e. The van der Waals surface area contributed by atoms with Crippen molar-refractivity contribution in [2.24, 2.45) is 0 Å². The third-order valence-corrected chi connectivity index (χ3v) is 6.99. The fourth-order valence-corrected chi connectivity index (χ4v) is 5.11. The molecule has 10 heteroatoms. The number of thiophene rings is 1. The van der Waals surface area contributed by atoms with Crippen LogP contribution in [0.2, 0.25) is 5.02 Å². The van der Waals surface area contributed by atoms with Crippen molar-refractivity contribution in [1.82, 2.24) is 15.0 Å². The quantitative estimate of drug-likeness (QED) is 0.346. The van der Waals surface area contributed by atoms with Gasteiger partial charge in [-0.1, -0.05) is 35.3 Å². The van der Waals surface area contributed by atoms with Crippen LogP contribution in [0.3, 0.4) is 0 Å². The Morgan fingerprint density at radius 1 is 1.26 bits per heavy atom. The Morgan fingerprint density at radius 3 is 2.71 bits per heavy atom. The summed E-state index contributed by atoms with van der Waals surface area (Å²) in [7, 11) is 0. The van der Waals surface area contributed by atoms with E-state index in [-0.39, 0.29) is 23.0 Å². The molecule has 4 rings (SSSR count). The van der Waals surface area contributed by atoms with Crippen molar-refractivity contribution in [1.29, 1.82) is 0 Å². The zero-order chi connectivity index (χ0) is 22.1. The predicted molar refractivity (Wildman–Crippen MR) is 127 cm³/mol. The molecule has 0 saturated carbocycles. The highest BCUT2D eigenvalue weighted by molar-refractivity contribution is 7.20. The maximum absolute atomic E-state index is 12.6. The minimum Gasteiger partial charge on any atom is -0.462 e. The zero-order valence-electron chi connectivity index (χ0n) is 16.4. The number of aromatic amines is 1. The number of ether oxygens (including phenoxy) is 1. The lowest BCUT2D eigenvalue weighted by atomic mass is 10.2. The Balaban J connectivity index is 1.68. The number of hydrogen-bond acceptors (Lipinski definition) is 7. The molecule has 0 aliphatic heterocycles. The van der Waals surface area contributed by atoms with Gasteiger partial charge in [-0.2, -0.15) is 0 Å². The summed E-state index contributed by atoms with van der Waals surface area (Å²) < 4.78 is 5.06. The molecule has 3 aromatic heterocycles. The number of halogens is 2. The first-order chi connectivity index (χ1) is 14.9. The van der Waals surface area contributed by atoms with Crippen LogP contribution in [0.1, 0.15) is 33.7 Å². The van der Waals surface area contributed by atoms with E-state index in [1.54, 1.807) is 32.1 Å². The first-order valence-electron chi connectivity index (χ1n) is 9.17. The van der Waals surface area contributed by atoms with Gasteiger partial charge in [-0.3, -0.25) is 4.79 Å². The van der Waals surface area contributed by atoms with Crippen molar-refractivity contribution in [3.63, 3.8) is 0 Å². The van der Waals surface area contributed by atoms with Crippen molar-refractivity contribution in [2.75, 3.05) is 6.61 Å². The molecule has 0 aliphatic rings. The molecular weight excluding hydrogens is 477 g/mol. The summed E-state index contributed by atoms with van der Waals surface area (Å²) in [5.41, 5.74) is 1.76. The third kappa shape index (κ3) is 4.43. The van der Waals surface area contributed by atoms with Crippen molar-refractivity contribution >= 4 is 73.2 Å². The predicted octanol–water partition coefficient (Wildman–Crippen LogP) is 5.98. The summed E-state index contributed by atoms with van der Waals surface area (Å²) in [6, 6.07) is 7.39. The lowest BCUT2D eigenvalue weighted by molar-refractivity contribution is 0.0531. The molecule has 0 radical (unpaired) electrons. The van der Waals surface area contributed by atoms with Gasteiger partial charge < -0.3 is 9.72 Å². The van der Waals surface area contributed by atoms with E-state index < -0.39 is 5.97 Å². The summed E-state index contributed by atoms with van der Waals surface area (Å²) in [6.45, 7) is 3.68. The number of rotatable bonds is 5. The minimum atomic E-state index is -0.470. The SMILES string of the molecule is CCOC(=O)c1sc2nc(/C(Cl)=C/c3csc(-c4ccc(Cl)cc4)n3)[nH]c(=O)c2c1C. The van der Waals surface area contributed by atoms with Gasteiger partial charge in [-0.25, -0.2) is 14.8 Å². The first kappa shape index (κ1) is 21.7. The molecular formula is C21H15Cl2N3O3S2. The van der Waals surface area contributed by atoms with Gasteiger partial charge in [0.25, 0.3) is 5.56 Å². The van der Waals surface area contributed by atoms with Gasteiger partial charge in [-0.15, -0.1) is 22.7 Å². The van der Waals surface area contributed by atoms with E-state index in [1.165, 1.54) is 11.3 Å². The molecule has 1 aromatic carbocycles. The van der Waals surface area contributed by atoms with Crippen LogP contribution >= 0.6 is 45.9 Å². The van der Waals surface area contributed by atoms with Gasteiger partial charge in [0.05, 0.1) is 22.7 Å². The van der Waals surface area contributed by atoms with Crippen LogP contribution < -0.4 is 5.56 Å². The number of benzene rings is 1. The second-order valence-corrected chi connectivity index (χ2v) is 9.15. The van der Waals surface area contributed by atoms with Crippen molar-refractivity contribution in [3.05, 3.63) is 67.0 Å². The molecule has 0 bridgehead atoms. The molecule has 0 aliphatic carbocycles. The average molecular weight is 492 g/mol. The molecule has 0 atom stereocenters. The van der Waals surface area contributed by atoms with E-state index in [9.17, 15) is 9.59 Å². The number of esters is 1. The number of carbonyl (C=O) groups excluding carboxylic acids is 1. The molecule has 6 nitrogen and oxygen atoms in total. The van der Waals surface area contributed by atoms with E-state index in [2.05, 4.69) is 15.0 Å². The standard InChI is InChI=1S/C21H15Cl2N3O3S2/c1-3-29-21(28)16-10(2)15-18(27)25-17(26-20(15)31-16)14(23)8-13-9-30-19(24-13)11-4-6-12(22)7-5-11/h4-9H,3H2,1-2H3,(H,25,26,27)/b14-8-. The number of fused-ring (bicyclic) bond motifs is 1. The first-order valence-corrected chi connectivity index (χ1v) is 11.6. The summed E-state index contributed by atoms with van der Waals surface area (Å²) >= 11 is 14.9. The second kappa shape index (κ2) is 8.92. The fourth-order valence-electron chi connectivity index (χ4n) is 2.92. The highest BCUT2D eigenvalue weighted by atomic mass is 35.5. The number of nitrogens with one attached hydrogen (secondary N) is 1. The molecule has 158 valence electrons. The number of aromatic nitrogens is 3. The number of carbonyl (C=O) groups is 1. The van der Waals surface area contributed by atoms with Gasteiger partial charge in [-0.05, 0) is 37.6 Å². The van der Waals surface area contributed by atoms with Crippen LogP contribution in [0.4, 0.5) is 0 Å². The number of H-pyrrole nitrogens is 1. The lowest BCUT2D eigenvalue weighted by Crippen LogP contribution is -2.11. The van der Waals surface area contributed by atoms with Gasteiger partial charge in [0, 0.05) is 16.0 Å². The van der Waals surface area contributed by atoms with E-state index in [1.807, 2.05) is 17.5 Å². The van der Waals surface area contributed by atoms with E-state index in [4.69, 9.17) is 27.9 Å². The van der Waals surface area contributed by atoms with Gasteiger partial charge in [0.15, 0.2) is 5.82 Å². The number of hydrogen-bond donors (Lipinski definition) is 1. The monoisotopic (exact) mass is 491 g/mol. The van der Waals surface area contributed by atoms with Crippen LogP contribution in [0.25, 0.3) is 31.9 Å². The van der Waals surface area contributed by atoms with Crippen LogP contribution in [0.15, 0.2) is 34.4 Å². The molecule has 0 saturated heterocycles. The smallest absolute Gasteiger partial charge is 0.348 e. The van der Waals surface area contributed by atoms with Gasteiger partial charge in [0.1, 0.15) is 14.7 Å². The fraction of sp³-hybridized carbons (Fsp3) is 0.143. The Labute approximate surface area is 195 Å². The third-order valence-electron chi connectivity index (χ3n) is 4.38. The molecule has 0 spiro atoms. The lowest BCUT2D eigenvalue weighted by Gasteiger charge is -1.99. The highest BCUT2D eigenvalue weighted by Crippen LogP contribution is 2.30. The largest absolute Gasteiger partial charge is 0.462 e. The maximum atomic E-state index is 12.6. The van der Waals surface area contributed by atoms with Crippen molar-refractivity contribution in [3.8, 4) is 10.6 Å². The molecule has 31 heavy (non-hydrogen) atoms. The van der Waals surface area contributed by atoms with Crippen LogP contribution in [0.5, 0.6) is 0 Å². The Hall–Kier alpha value is -2.52. The normalized spacial score (nSPS) is 11.8. The molecule has 4 aromatic rings. The average Bonchev–Trinajstić information content (AvgIpc) is 3.33. The minimum absolute atomic E-state index is 0.205. The van der Waals surface area contributed by atoms with Gasteiger partial charge >= 0.3 is 5.97 Å². The van der Waals surface area contributed by atoms with E-state index in [0.29, 0.717) is 31.4 Å². The van der Waals surface area contributed by atoms with Crippen molar-refractivity contribution < 1.29 is 9.53 Å². The molecule has 0 unspecified atom stereocenters. The topological polar surface area (TPSA) is 84.9 Å². The van der Waals surface area contributed by atoms with Crippen LogP contribution in [0, 0.1) is 6.92 Å². The van der Waals surface area contributed by atoms with E-state index >= 15 is 0 Å². The van der Waals surface area contributed by atoms with Crippen molar-refractivity contribution in [2.45, 2.75) is 13.8 Å². The Kier molecular flexibility index (Phi) is 6.24. The van der Waals surface area contributed by atoms with Gasteiger partial charge in [0.2, 0.25) is 0 Å². The summed E-state index contributed by atoms with van der Waals surface area (Å²) in [6.07, 6.45) is 1.63. The highest BCUT2D eigenvalue weighted by Gasteiger charge is 2.20. The molecule has 0 amide bonds. The second-order valence-electron chi connectivity index (χ2n) is 6.45. The van der Waals surface area contributed by atoms with Crippen LogP contribution in [-0.2, 0) is 4.74 Å². The Bertz CT molecular complexity index is 1370.